The predicted molar refractivity (Wildman–Crippen MR) is 115 cm³/mol. The number of amides is 1. The van der Waals surface area contributed by atoms with Crippen LogP contribution in [0.25, 0.3) is 11.0 Å². The molecule has 29 heavy (non-hydrogen) atoms. The number of fused-ring (bicyclic) bond motifs is 2. The van der Waals surface area contributed by atoms with Crippen LogP contribution in [0.4, 0.5) is 5.69 Å². The van der Waals surface area contributed by atoms with E-state index in [2.05, 4.69) is 15.3 Å². The number of carbonyl (C=O) groups is 1. The van der Waals surface area contributed by atoms with Gasteiger partial charge in [0.05, 0.1) is 5.39 Å². The number of nitrogens with one attached hydrogen (secondary N) is 1. The van der Waals surface area contributed by atoms with Crippen molar-refractivity contribution in [3.8, 4) is 0 Å². The molecule has 2 aromatic heterocycles. The monoisotopic (exact) mass is 410 g/mol. The molecule has 3 aromatic rings. The zero-order chi connectivity index (χ0) is 20.5. The number of pyridine rings is 1. The van der Waals surface area contributed by atoms with E-state index in [0.29, 0.717) is 28.2 Å². The quantitative estimate of drug-likeness (QED) is 0.698. The van der Waals surface area contributed by atoms with Crippen LogP contribution in [0.5, 0.6) is 0 Å². The summed E-state index contributed by atoms with van der Waals surface area (Å²) in [7, 11) is 0. The molecule has 1 amide bonds. The van der Waals surface area contributed by atoms with Crippen LogP contribution in [0.3, 0.4) is 0 Å². The molecule has 0 fully saturated rings. The van der Waals surface area contributed by atoms with E-state index in [9.17, 15) is 9.59 Å². The lowest BCUT2D eigenvalue weighted by Gasteiger charge is -2.20. The van der Waals surface area contributed by atoms with Gasteiger partial charge in [0.15, 0.2) is 5.65 Å². The standard InChI is InChI=1S/C22H23ClN4O2/c1-3-19(21(28)26-17-10-6-8-16(23)13(17)2)27-12-24-20-15(22(27)29)11-14-7-4-5-9-18(14)25-20/h6,8,10-12,19H,3-5,7,9H2,1-2H3,(H,26,28)/t19-/m1/s1. The average Bonchev–Trinajstić information content (AvgIpc) is 2.72. The predicted octanol–water partition coefficient (Wildman–Crippen LogP) is 4.22. The summed E-state index contributed by atoms with van der Waals surface area (Å²) in [5.41, 5.74) is 3.80. The van der Waals surface area contributed by atoms with E-state index in [-0.39, 0.29) is 11.5 Å². The molecule has 0 bridgehead atoms. The Morgan fingerprint density at radius 1 is 1.31 bits per heavy atom. The van der Waals surface area contributed by atoms with Crippen LogP contribution >= 0.6 is 11.6 Å². The van der Waals surface area contributed by atoms with E-state index < -0.39 is 6.04 Å². The highest BCUT2D eigenvalue weighted by molar-refractivity contribution is 6.31. The van der Waals surface area contributed by atoms with Gasteiger partial charge in [-0.05, 0) is 68.4 Å². The first-order chi connectivity index (χ1) is 14.0. The lowest BCUT2D eigenvalue weighted by molar-refractivity contribution is -0.119. The number of hydrogen-bond acceptors (Lipinski definition) is 4. The molecule has 1 aromatic carbocycles. The molecule has 2 heterocycles. The van der Waals surface area contributed by atoms with E-state index in [4.69, 9.17) is 11.6 Å². The molecule has 1 aliphatic carbocycles. The molecule has 0 aliphatic heterocycles. The van der Waals surface area contributed by atoms with Gasteiger partial charge in [-0.1, -0.05) is 24.6 Å². The third kappa shape index (κ3) is 3.65. The number of carbonyl (C=O) groups excluding carboxylic acids is 1. The van der Waals surface area contributed by atoms with Crippen molar-refractivity contribution in [2.24, 2.45) is 0 Å². The fourth-order valence-electron chi connectivity index (χ4n) is 3.88. The lowest BCUT2D eigenvalue weighted by Crippen LogP contribution is -2.33. The first-order valence-corrected chi connectivity index (χ1v) is 10.3. The van der Waals surface area contributed by atoms with Gasteiger partial charge < -0.3 is 5.32 Å². The number of hydrogen-bond donors (Lipinski definition) is 1. The zero-order valence-electron chi connectivity index (χ0n) is 16.5. The highest BCUT2D eigenvalue weighted by Crippen LogP contribution is 2.25. The van der Waals surface area contributed by atoms with Crippen molar-refractivity contribution >= 4 is 34.2 Å². The third-order valence-electron chi connectivity index (χ3n) is 5.60. The fourth-order valence-corrected chi connectivity index (χ4v) is 4.05. The van der Waals surface area contributed by atoms with Crippen LogP contribution < -0.4 is 10.9 Å². The molecule has 0 saturated heterocycles. The molecule has 150 valence electrons. The summed E-state index contributed by atoms with van der Waals surface area (Å²) in [5, 5.41) is 3.95. The Bertz CT molecular complexity index is 1160. The van der Waals surface area contributed by atoms with Gasteiger partial charge in [0.1, 0.15) is 12.4 Å². The summed E-state index contributed by atoms with van der Waals surface area (Å²) in [4.78, 5) is 35.1. The Labute approximate surface area is 173 Å². The average molecular weight is 411 g/mol. The summed E-state index contributed by atoms with van der Waals surface area (Å²) in [6, 6.07) is 6.59. The molecule has 6 nitrogen and oxygen atoms in total. The second-order valence-electron chi connectivity index (χ2n) is 7.46. The molecule has 0 saturated carbocycles. The van der Waals surface area contributed by atoms with Gasteiger partial charge in [-0.15, -0.1) is 0 Å². The highest BCUT2D eigenvalue weighted by atomic mass is 35.5. The molecule has 1 atom stereocenters. The molecule has 4 rings (SSSR count). The lowest BCUT2D eigenvalue weighted by atomic mass is 9.95. The number of anilines is 1. The molecule has 0 spiro atoms. The van der Waals surface area contributed by atoms with E-state index in [0.717, 1.165) is 42.5 Å². The van der Waals surface area contributed by atoms with Crippen LogP contribution in [0.2, 0.25) is 5.02 Å². The fraction of sp³-hybridized carbons (Fsp3) is 0.364. The van der Waals surface area contributed by atoms with Crippen LogP contribution in [0, 0.1) is 6.92 Å². The largest absolute Gasteiger partial charge is 0.324 e. The van der Waals surface area contributed by atoms with Crippen LogP contribution in [-0.4, -0.2) is 20.4 Å². The summed E-state index contributed by atoms with van der Waals surface area (Å²) >= 11 is 6.15. The minimum Gasteiger partial charge on any atom is -0.324 e. The minimum atomic E-state index is -0.672. The maximum absolute atomic E-state index is 13.2. The molecular weight excluding hydrogens is 388 g/mol. The van der Waals surface area contributed by atoms with Crippen molar-refractivity contribution in [2.75, 3.05) is 5.32 Å². The van der Waals surface area contributed by atoms with Crippen molar-refractivity contribution in [3.05, 3.63) is 62.8 Å². The van der Waals surface area contributed by atoms with Crippen molar-refractivity contribution in [1.82, 2.24) is 14.5 Å². The van der Waals surface area contributed by atoms with Gasteiger partial charge in [-0.2, -0.15) is 0 Å². The number of benzene rings is 1. The second-order valence-corrected chi connectivity index (χ2v) is 7.86. The minimum absolute atomic E-state index is 0.235. The van der Waals surface area contributed by atoms with Gasteiger partial charge in [-0.3, -0.25) is 14.2 Å². The van der Waals surface area contributed by atoms with Gasteiger partial charge in [0.25, 0.3) is 5.56 Å². The SMILES string of the molecule is CC[C@H](C(=O)Nc1cccc(Cl)c1C)n1cnc2nc3c(cc2c1=O)CCCC3. The van der Waals surface area contributed by atoms with E-state index >= 15 is 0 Å². The first kappa shape index (κ1) is 19.6. The Balaban J connectivity index is 1.71. The van der Waals surface area contributed by atoms with Crippen LogP contribution in [0.1, 0.15) is 49.0 Å². The van der Waals surface area contributed by atoms with E-state index in [1.165, 1.54) is 10.9 Å². The van der Waals surface area contributed by atoms with E-state index in [1.807, 2.05) is 19.9 Å². The molecule has 7 heteroatoms. The number of rotatable bonds is 4. The second kappa shape index (κ2) is 7.95. The van der Waals surface area contributed by atoms with Crippen molar-refractivity contribution in [3.63, 3.8) is 0 Å². The van der Waals surface area contributed by atoms with Crippen molar-refractivity contribution in [1.29, 1.82) is 0 Å². The van der Waals surface area contributed by atoms with Gasteiger partial charge in [-0.25, -0.2) is 9.97 Å². The van der Waals surface area contributed by atoms with E-state index in [1.54, 1.807) is 18.2 Å². The van der Waals surface area contributed by atoms with Gasteiger partial charge in [0, 0.05) is 16.4 Å². The maximum Gasteiger partial charge on any atom is 0.263 e. The van der Waals surface area contributed by atoms with Crippen LogP contribution in [-0.2, 0) is 17.6 Å². The summed E-state index contributed by atoms with van der Waals surface area (Å²) < 4.78 is 1.41. The maximum atomic E-state index is 13.2. The Morgan fingerprint density at radius 3 is 2.90 bits per heavy atom. The van der Waals surface area contributed by atoms with Gasteiger partial charge in [0.2, 0.25) is 5.91 Å². The topological polar surface area (TPSA) is 76.9 Å². The number of nitrogens with zero attached hydrogens (tertiary/aromatic N) is 3. The summed E-state index contributed by atoms with van der Waals surface area (Å²) in [5.74, 6) is -0.271. The number of aryl methyl sites for hydroxylation is 2. The summed E-state index contributed by atoms with van der Waals surface area (Å²) in [6.07, 6.45) is 5.97. The Hall–Kier alpha value is -2.73. The normalized spacial score (nSPS) is 14.4. The molecular formula is C22H23ClN4O2. The Morgan fingerprint density at radius 2 is 2.10 bits per heavy atom. The molecule has 1 aliphatic rings. The van der Waals surface area contributed by atoms with Gasteiger partial charge >= 0.3 is 0 Å². The first-order valence-electron chi connectivity index (χ1n) is 9.95. The smallest absolute Gasteiger partial charge is 0.263 e. The third-order valence-corrected chi connectivity index (χ3v) is 6.01. The molecule has 0 radical (unpaired) electrons. The number of halogens is 1. The summed E-state index contributed by atoms with van der Waals surface area (Å²) in [6.45, 7) is 3.72. The van der Waals surface area contributed by atoms with Crippen molar-refractivity contribution in [2.45, 2.75) is 52.0 Å². The molecule has 0 unspecified atom stereocenters. The highest BCUT2D eigenvalue weighted by Gasteiger charge is 2.23. The van der Waals surface area contributed by atoms with Crippen molar-refractivity contribution < 1.29 is 4.79 Å². The van der Waals surface area contributed by atoms with Crippen LogP contribution in [0.15, 0.2) is 35.4 Å². The Kier molecular flexibility index (Phi) is 5.37. The zero-order valence-corrected chi connectivity index (χ0v) is 17.3. The molecule has 1 N–H and O–H groups in total. The number of aromatic nitrogens is 3.